The van der Waals surface area contributed by atoms with Gasteiger partial charge in [0, 0.05) is 13.6 Å². The molecule has 0 aliphatic rings. The van der Waals surface area contributed by atoms with Gasteiger partial charge in [0.25, 0.3) is 0 Å². The van der Waals surface area contributed by atoms with Crippen LogP contribution in [0.2, 0.25) is 0 Å². The lowest BCUT2D eigenvalue weighted by atomic mass is 10.2. The molecular formula is C13H17FN4O. The quantitative estimate of drug-likeness (QED) is 0.862. The van der Waals surface area contributed by atoms with Gasteiger partial charge in [-0.25, -0.2) is 4.39 Å². The Morgan fingerprint density at radius 1 is 1.42 bits per heavy atom. The minimum Gasteiger partial charge on any atom is -0.484 e. The maximum absolute atomic E-state index is 13.8. The Morgan fingerprint density at radius 2 is 2.26 bits per heavy atom. The third-order valence-corrected chi connectivity index (χ3v) is 2.60. The fourth-order valence-corrected chi connectivity index (χ4v) is 1.65. The molecule has 1 aromatic heterocycles. The van der Waals surface area contributed by atoms with Crippen LogP contribution in [0.25, 0.3) is 0 Å². The molecule has 0 aliphatic heterocycles. The van der Waals surface area contributed by atoms with Crippen LogP contribution in [-0.4, -0.2) is 21.5 Å². The smallest absolute Gasteiger partial charge is 0.165 e. The fourth-order valence-electron chi connectivity index (χ4n) is 1.65. The molecule has 0 aliphatic carbocycles. The molecule has 0 bridgehead atoms. The second kappa shape index (κ2) is 6.29. The number of hydrogen-bond acceptors (Lipinski definition) is 4. The van der Waals surface area contributed by atoms with Crippen molar-refractivity contribution < 1.29 is 9.13 Å². The van der Waals surface area contributed by atoms with E-state index >= 15 is 0 Å². The van der Waals surface area contributed by atoms with Crippen LogP contribution in [0.3, 0.4) is 0 Å². The Labute approximate surface area is 111 Å². The number of ether oxygens (including phenoxy) is 1. The number of rotatable bonds is 6. The summed E-state index contributed by atoms with van der Waals surface area (Å²) in [7, 11) is 1.77. The minimum atomic E-state index is -0.362. The maximum atomic E-state index is 13.8. The number of nitrogens with zero attached hydrogens (tertiary/aromatic N) is 3. The number of nitrogens with one attached hydrogen (secondary N) is 1. The molecule has 1 N–H and O–H groups in total. The number of aryl methyl sites for hydroxylation is 1. The molecule has 2 aromatic rings. The first-order valence-corrected chi connectivity index (χ1v) is 6.16. The van der Waals surface area contributed by atoms with Crippen molar-refractivity contribution in [3.8, 4) is 5.75 Å². The van der Waals surface area contributed by atoms with Gasteiger partial charge in [-0.15, -0.1) is 5.10 Å². The summed E-state index contributed by atoms with van der Waals surface area (Å²) in [5.41, 5.74) is 1.56. The van der Waals surface area contributed by atoms with Crippen molar-refractivity contribution in [3.05, 3.63) is 41.5 Å². The average Bonchev–Trinajstić information content (AvgIpc) is 2.81. The lowest BCUT2D eigenvalue weighted by Gasteiger charge is -2.07. The summed E-state index contributed by atoms with van der Waals surface area (Å²) in [5, 5.41) is 10.8. The van der Waals surface area contributed by atoms with Gasteiger partial charge in [0.2, 0.25) is 0 Å². The number of aromatic nitrogens is 3. The van der Waals surface area contributed by atoms with Gasteiger partial charge < -0.3 is 10.1 Å². The predicted octanol–water partition coefficient (Wildman–Crippen LogP) is 1.64. The van der Waals surface area contributed by atoms with Crippen LogP contribution < -0.4 is 10.1 Å². The van der Waals surface area contributed by atoms with Gasteiger partial charge in [-0.2, -0.15) is 0 Å². The minimum absolute atomic E-state index is 0.206. The highest BCUT2D eigenvalue weighted by molar-refractivity contribution is 5.29. The highest BCUT2D eigenvalue weighted by Gasteiger charge is 2.06. The van der Waals surface area contributed by atoms with Crippen molar-refractivity contribution in [1.82, 2.24) is 20.3 Å². The summed E-state index contributed by atoms with van der Waals surface area (Å²) < 4.78 is 20.8. The second-order valence-electron chi connectivity index (χ2n) is 4.22. The molecular weight excluding hydrogens is 247 g/mol. The molecule has 0 amide bonds. The molecule has 6 heteroatoms. The van der Waals surface area contributed by atoms with E-state index in [2.05, 4.69) is 15.6 Å². The number of hydrogen-bond donors (Lipinski definition) is 1. The zero-order chi connectivity index (χ0) is 13.7. The van der Waals surface area contributed by atoms with Gasteiger partial charge in [-0.05, 0) is 24.2 Å². The first kappa shape index (κ1) is 13.5. The van der Waals surface area contributed by atoms with Crippen molar-refractivity contribution in [2.75, 3.05) is 6.54 Å². The summed E-state index contributed by atoms with van der Waals surface area (Å²) in [5.74, 6) is -0.134. The number of halogens is 1. The van der Waals surface area contributed by atoms with E-state index in [1.54, 1.807) is 24.0 Å². The van der Waals surface area contributed by atoms with E-state index in [0.29, 0.717) is 12.2 Å². The van der Waals surface area contributed by atoms with Crippen molar-refractivity contribution in [3.63, 3.8) is 0 Å². The summed E-state index contributed by atoms with van der Waals surface area (Å²) >= 11 is 0. The van der Waals surface area contributed by atoms with Crippen LogP contribution in [-0.2, 0) is 20.2 Å². The fraction of sp³-hybridized carbons (Fsp3) is 0.385. The van der Waals surface area contributed by atoms with E-state index in [1.807, 2.05) is 13.0 Å². The predicted molar refractivity (Wildman–Crippen MR) is 69.1 cm³/mol. The van der Waals surface area contributed by atoms with Crippen LogP contribution in [0.15, 0.2) is 24.4 Å². The van der Waals surface area contributed by atoms with E-state index in [-0.39, 0.29) is 18.2 Å². The molecule has 0 saturated carbocycles. The number of benzene rings is 1. The molecule has 0 saturated heterocycles. The van der Waals surface area contributed by atoms with E-state index in [9.17, 15) is 4.39 Å². The van der Waals surface area contributed by atoms with E-state index in [1.165, 1.54) is 6.07 Å². The molecule has 5 nitrogen and oxygen atoms in total. The van der Waals surface area contributed by atoms with E-state index in [0.717, 1.165) is 12.1 Å². The van der Waals surface area contributed by atoms with Gasteiger partial charge in [0.05, 0.1) is 6.20 Å². The average molecular weight is 264 g/mol. The maximum Gasteiger partial charge on any atom is 0.165 e. The zero-order valence-electron chi connectivity index (χ0n) is 11.1. The molecule has 0 unspecified atom stereocenters. The second-order valence-corrected chi connectivity index (χ2v) is 4.22. The van der Waals surface area contributed by atoms with E-state index in [4.69, 9.17) is 4.74 Å². The molecule has 102 valence electrons. The normalized spacial score (nSPS) is 10.7. The van der Waals surface area contributed by atoms with Gasteiger partial charge in [0.1, 0.15) is 12.3 Å². The van der Waals surface area contributed by atoms with Crippen LogP contribution in [0, 0.1) is 5.82 Å². The summed E-state index contributed by atoms with van der Waals surface area (Å²) in [4.78, 5) is 0. The highest BCUT2D eigenvalue weighted by atomic mass is 19.1. The third-order valence-electron chi connectivity index (χ3n) is 2.60. The molecule has 19 heavy (non-hydrogen) atoms. The Bertz CT molecular complexity index is 541. The van der Waals surface area contributed by atoms with Crippen molar-refractivity contribution in [1.29, 1.82) is 0 Å². The van der Waals surface area contributed by atoms with Gasteiger partial charge >= 0.3 is 0 Å². The summed E-state index contributed by atoms with van der Waals surface area (Å²) in [6.45, 7) is 3.72. The molecule has 1 aromatic carbocycles. The highest BCUT2D eigenvalue weighted by Crippen LogP contribution is 2.19. The Balaban J connectivity index is 1.96. The standard InChI is InChI=1S/C13H17FN4O/c1-3-15-7-10-4-5-13(12(14)6-10)19-9-11-8-18(2)17-16-11/h4-6,8,15H,3,7,9H2,1-2H3. The third kappa shape index (κ3) is 3.75. The van der Waals surface area contributed by atoms with Crippen LogP contribution in [0.5, 0.6) is 5.75 Å². The van der Waals surface area contributed by atoms with Crippen LogP contribution >= 0.6 is 0 Å². The van der Waals surface area contributed by atoms with Crippen LogP contribution in [0.1, 0.15) is 18.2 Å². The SMILES string of the molecule is CCNCc1ccc(OCc2cn(C)nn2)c(F)c1. The first-order chi connectivity index (χ1) is 9.19. The monoisotopic (exact) mass is 264 g/mol. The lowest BCUT2D eigenvalue weighted by molar-refractivity contribution is 0.285. The zero-order valence-corrected chi connectivity index (χ0v) is 11.1. The largest absolute Gasteiger partial charge is 0.484 e. The van der Waals surface area contributed by atoms with Crippen LogP contribution in [0.4, 0.5) is 4.39 Å². The van der Waals surface area contributed by atoms with Gasteiger partial charge in [-0.1, -0.05) is 18.2 Å². The van der Waals surface area contributed by atoms with Crippen molar-refractivity contribution >= 4 is 0 Å². The molecule has 0 radical (unpaired) electrons. The Morgan fingerprint density at radius 3 is 2.89 bits per heavy atom. The Hall–Kier alpha value is -1.95. The van der Waals surface area contributed by atoms with Gasteiger partial charge in [-0.3, -0.25) is 4.68 Å². The van der Waals surface area contributed by atoms with E-state index < -0.39 is 0 Å². The molecule has 0 spiro atoms. The first-order valence-electron chi connectivity index (χ1n) is 6.16. The molecule has 2 rings (SSSR count). The summed E-state index contributed by atoms with van der Waals surface area (Å²) in [6, 6.07) is 4.96. The topological polar surface area (TPSA) is 52.0 Å². The Kier molecular flexibility index (Phi) is 4.46. The van der Waals surface area contributed by atoms with Crippen molar-refractivity contribution in [2.24, 2.45) is 7.05 Å². The van der Waals surface area contributed by atoms with Crippen molar-refractivity contribution in [2.45, 2.75) is 20.1 Å². The van der Waals surface area contributed by atoms with Gasteiger partial charge in [0.15, 0.2) is 11.6 Å². The molecule has 1 heterocycles. The lowest BCUT2D eigenvalue weighted by Crippen LogP contribution is -2.11. The molecule has 0 atom stereocenters. The summed E-state index contributed by atoms with van der Waals surface area (Å²) in [6.07, 6.45) is 1.73. The molecule has 0 fully saturated rings.